The molecule has 0 saturated carbocycles. The Morgan fingerprint density at radius 2 is 2.00 bits per heavy atom. The number of benzene rings is 2. The van der Waals surface area contributed by atoms with Gasteiger partial charge in [0.05, 0.1) is 14.2 Å². The van der Waals surface area contributed by atoms with E-state index in [1.807, 2.05) is 0 Å². The third-order valence-corrected chi connectivity index (χ3v) is 4.80. The maximum absolute atomic E-state index is 13.3. The van der Waals surface area contributed by atoms with Crippen LogP contribution in [-0.2, 0) is 0 Å². The van der Waals surface area contributed by atoms with Crippen LogP contribution in [0.5, 0.6) is 11.5 Å². The predicted octanol–water partition coefficient (Wildman–Crippen LogP) is 3.31. The summed E-state index contributed by atoms with van der Waals surface area (Å²) in [6, 6.07) is 9.74. The minimum absolute atomic E-state index is 0.0254. The fraction of sp³-hybridized carbons (Fsp3) is 0.300. The molecule has 1 aliphatic heterocycles. The smallest absolute Gasteiger partial charge is 0.295 e. The number of aromatic nitrogens is 1. The van der Waals surface area contributed by atoms with Crippen LogP contribution in [0.4, 0.5) is 10.4 Å². The lowest BCUT2D eigenvalue weighted by Gasteiger charge is -2.20. The van der Waals surface area contributed by atoms with Gasteiger partial charge in [0.25, 0.3) is 11.9 Å². The Balaban J connectivity index is 1.48. The van der Waals surface area contributed by atoms with Gasteiger partial charge in [-0.15, -0.1) is 0 Å². The molecule has 4 rings (SSSR count). The van der Waals surface area contributed by atoms with Crippen LogP contribution in [0, 0.1) is 5.82 Å². The van der Waals surface area contributed by atoms with Crippen LogP contribution in [0.3, 0.4) is 0 Å². The largest absolute Gasteiger partial charge is 0.496 e. The van der Waals surface area contributed by atoms with Gasteiger partial charge in [0.1, 0.15) is 28.4 Å². The minimum Gasteiger partial charge on any atom is -0.496 e. The van der Waals surface area contributed by atoms with Crippen LogP contribution in [0.2, 0.25) is 0 Å². The average molecular weight is 385 g/mol. The van der Waals surface area contributed by atoms with Crippen molar-refractivity contribution in [3.63, 3.8) is 0 Å². The van der Waals surface area contributed by atoms with Crippen molar-refractivity contribution in [3.8, 4) is 11.5 Å². The zero-order valence-corrected chi connectivity index (χ0v) is 15.6. The summed E-state index contributed by atoms with van der Waals surface area (Å²) in [7, 11) is 3.05. The first kappa shape index (κ1) is 18.1. The second-order valence-electron chi connectivity index (χ2n) is 6.55. The van der Waals surface area contributed by atoms with Crippen LogP contribution >= 0.6 is 0 Å². The van der Waals surface area contributed by atoms with E-state index >= 15 is 0 Å². The molecule has 0 radical (unpaired) electrons. The monoisotopic (exact) mass is 385 g/mol. The number of carbonyl (C=O) groups is 1. The fourth-order valence-corrected chi connectivity index (χ4v) is 3.42. The Kier molecular flexibility index (Phi) is 4.77. The number of carbonyl (C=O) groups excluding carboxylic acids is 1. The number of halogens is 1. The number of fused-ring (bicyclic) bond motifs is 1. The molecule has 0 spiro atoms. The topological polar surface area (TPSA) is 76.8 Å². The van der Waals surface area contributed by atoms with E-state index in [9.17, 15) is 9.18 Å². The van der Waals surface area contributed by atoms with E-state index in [4.69, 9.17) is 13.9 Å². The van der Waals surface area contributed by atoms with Crippen LogP contribution in [-0.4, -0.2) is 49.1 Å². The number of likely N-dealkylation sites (tertiary alicyclic amines) is 1. The Morgan fingerprint density at radius 3 is 2.71 bits per heavy atom. The number of nitrogens with zero attached hydrogens (tertiary/aromatic N) is 2. The summed E-state index contributed by atoms with van der Waals surface area (Å²) in [5.41, 5.74) is 1.37. The highest BCUT2D eigenvalue weighted by atomic mass is 19.1. The summed E-state index contributed by atoms with van der Waals surface area (Å²) in [5, 5.41) is 3.19. The molecule has 1 atom stereocenters. The molecular weight excluding hydrogens is 365 g/mol. The van der Waals surface area contributed by atoms with Crippen molar-refractivity contribution in [2.24, 2.45) is 0 Å². The molecule has 1 fully saturated rings. The highest BCUT2D eigenvalue weighted by Crippen LogP contribution is 2.31. The Hall–Kier alpha value is -3.29. The van der Waals surface area contributed by atoms with Gasteiger partial charge in [0.15, 0.2) is 5.58 Å². The highest BCUT2D eigenvalue weighted by Gasteiger charge is 2.31. The number of methoxy groups -OCH3 is 2. The molecule has 1 amide bonds. The van der Waals surface area contributed by atoms with Crippen molar-refractivity contribution >= 4 is 23.0 Å². The number of hydrogen-bond donors (Lipinski definition) is 1. The van der Waals surface area contributed by atoms with E-state index in [0.29, 0.717) is 47.3 Å². The third-order valence-electron chi connectivity index (χ3n) is 4.80. The quantitative estimate of drug-likeness (QED) is 0.726. The normalized spacial score (nSPS) is 16.4. The van der Waals surface area contributed by atoms with Gasteiger partial charge in [-0.3, -0.25) is 4.79 Å². The highest BCUT2D eigenvalue weighted by molar-refractivity contribution is 6.00. The van der Waals surface area contributed by atoms with Crippen LogP contribution in [0.25, 0.3) is 11.1 Å². The Labute approximate surface area is 161 Å². The van der Waals surface area contributed by atoms with E-state index in [0.717, 1.165) is 6.42 Å². The summed E-state index contributed by atoms with van der Waals surface area (Å²) < 4.78 is 29.5. The van der Waals surface area contributed by atoms with E-state index in [1.165, 1.54) is 26.4 Å². The molecule has 28 heavy (non-hydrogen) atoms. The first-order valence-corrected chi connectivity index (χ1v) is 8.92. The van der Waals surface area contributed by atoms with Gasteiger partial charge in [-0.05, 0) is 30.7 Å². The van der Waals surface area contributed by atoms with Crippen molar-refractivity contribution in [2.45, 2.75) is 12.5 Å². The number of oxazole rings is 1. The lowest BCUT2D eigenvalue weighted by Crippen LogP contribution is -2.32. The first-order valence-electron chi connectivity index (χ1n) is 8.92. The molecule has 2 aromatic carbocycles. The molecule has 7 nitrogen and oxygen atoms in total. The molecule has 1 unspecified atom stereocenters. The molecule has 1 N–H and O–H groups in total. The van der Waals surface area contributed by atoms with Crippen molar-refractivity contribution in [1.82, 2.24) is 9.88 Å². The summed E-state index contributed by atoms with van der Waals surface area (Å²) in [6.45, 7) is 1.06. The molecule has 146 valence electrons. The SMILES string of the molecule is COc1cccc(OC)c1C(=O)N1CCC(Nc2nc3ccc(F)cc3o2)C1. The molecule has 8 heteroatoms. The van der Waals surface area contributed by atoms with E-state index < -0.39 is 0 Å². The fourth-order valence-electron chi connectivity index (χ4n) is 3.42. The van der Waals surface area contributed by atoms with Gasteiger partial charge in [-0.2, -0.15) is 4.98 Å². The molecule has 1 aromatic heterocycles. The maximum atomic E-state index is 13.3. The second-order valence-corrected chi connectivity index (χ2v) is 6.55. The van der Waals surface area contributed by atoms with Crippen molar-refractivity contribution in [2.75, 3.05) is 32.6 Å². The number of hydrogen-bond acceptors (Lipinski definition) is 6. The number of amides is 1. The maximum Gasteiger partial charge on any atom is 0.295 e. The third kappa shape index (κ3) is 3.33. The van der Waals surface area contributed by atoms with Crippen molar-refractivity contribution < 1.29 is 23.1 Å². The lowest BCUT2D eigenvalue weighted by atomic mass is 10.1. The standard InChI is InChI=1S/C20H20FN3O4/c1-26-15-4-3-5-16(27-2)18(15)19(25)24-9-8-13(11-24)22-20-23-14-7-6-12(21)10-17(14)28-20/h3-7,10,13H,8-9,11H2,1-2H3,(H,22,23). The van der Waals surface area contributed by atoms with Crippen molar-refractivity contribution in [3.05, 3.63) is 47.8 Å². The molecule has 2 heterocycles. The zero-order chi connectivity index (χ0) is 19.7. The zero-order valence-electron chi connectivity index (χ0n) is 15.6. The Bertz CT molecular complexity index is 998. The summed E-state index contributed by atoms with van der Waals surface area (Å²) >= 11 is 0. The lowest BCUT2D eigenvalue weighted by molar-refractivity contribution is 0.0784. The van der Waals surface area contributed by atoms with Crippen LogP contribution in [0.1, 0.15) is 16.8 Å². The van der Waals surface area contributed by atoms with Gasteiger partial charge < -0.3 is 24.1 Å². The molecule has 0 aliphatic carbocycles. The molecular formula is C20H20FN3O4. The molecule has 1 saturated heterocycles. The van der Waals surface area contributed by atoms with Crippen LogP contribution in [0.15, 0.2) is 40.8 Å². The van der Waals surface area contributed by atoms with Gasteiger partial charge >= 0.3 is 0 Å². The second kappa shape index (κ2) is 7.38. The minimum atomic E-state index is -0.376. The number of nitrogens with one attached hydrogen (secondary N) is 1. The molecule has 3 aromatic rings. The van der Waals surface area contributed by atoms with E-state index in [-0.39, 0.29) is 17.8 Å². The van der Waals surface area contributed by atoms with Gasteiger partial charge in [-0.25, -0.2) is 4.39 Å². The number of ether oxygens (including phenoxy) is 2. The summed E-state index contributed by atoms with van der Waals surface area (Å²) in [4.78, 5) is 19.1. The number of anilines is 1. The van der Waals surface area contributed by atoms with Crippen molar-refractivity contribution in [1.29, 1.82) is 0 Å². The summed E-state index contributed by atoms with van der Waals surface area (Å²) in [6.07, 6.45) is 0.732. The molecule has 1 aliphatic rings. The van der Waals surface area contributed by atoms with E-state index in [2.05, 4.69) is 10.3 Å². The Morgan fingerprint density at radius 1 is 1.25 bits per heavy atom. The van der Waals surface area contributed by atoms with Gasteiger partial charge in [-0.1, -0.05) is 6.07 Å². The average Bonchev–Trinajstić information content (AvgIpc) is 3.33. The molecule has 0 bridgehead atoms. The van der Waals surface area contributed by atoms with E-state index in [1.54, 1.807) is 29.2 Å². The van der Waals surface area contributed by atoms with Gasteiger partial charge in [0, 0.05) is 25.2 Å². The first-order chi connectivity index (χ1) is 13.6. The number of rotatable bonds is 5. The summed E-state index contributed by atoms with van der Waals surface area (Å²) in [5.74, 6) is 0.417. The predicted molar refractivity (Wildman–Crippen MR) is 101 cm³/mol. The van der Waals surface area contributed by atoms with Gasteiger partial charge in [0.2, 0.25) is 0 Å². The van der Waals surface area contributed by atoms with Crippen LogP contribution < -0.4 is 14.8 Å².